The van der Waals surface area contributed by atoms with Gasteiger partial charge in [-0.25, -0.2) is 0 Å². The molecule has 0 amide bonds. The molecule has 0 saturated heterocycles. The van der Waals surface area contributed by atoms with Crippen molar-refractivity contribution in [2.45, 2.75) is 33.9 Å². The van der Waals surface area contributed by atoms with Gasteiger partial charge in [-0.05, 0) is 60.4 Å². The fraction of sp³-hybridized carbons (Fsp3) is 0.400. The molecule has 2 aromatic rings. The van der Waals surface area contributed by atoms with Crippen LogP contribution in [0.3, 0.4) is 0 Å². The standard InChI is InChI=1S/C16H18O2.C4H7F3/c1-11-5-7-13(17-3)9-15(11)16-10-14(18-4)8-6-12(16)2;1-3(2)4(5,6)7/h5-10H,1-4H3;3H,1-2H3. The van der Waals surface area contributed by atoms with Gasteiger partial charge in [0, 0.05) is 5.92 Å². The van der Waals surface area contributed by atoms with Crippen molar-refractivity contribution in [1.29, 1.82) is 0 Å². The zero-order valence-corrected chi connectivity index (χ0v) is 15.5. The third kappa shape index (κ3) is 6.00. The molecule has 2 rings (SSSR count). The molecule has 0 aliphatic heterocycles. The molecule has 0 spiro atoms. The maximum Gasteiger partial charge on any atom is 0.391 e. The molecular formula is C20H25F3O2. The number of alkyl halides is 3. The molecule has 0 aliphatic rings. The minimum atomic E-state index is -4.00. The second-order valence-electron chi connectivity index (χ2n) is 6.06. The van der Waals surface area contributed by atoms with Crippen molar-refractivity contribution < 1.29 is 22.6 Å². The molecule has 0 N–H and O–H groups in total. The molecule has 0 atom stereocenters. The molecule has 2 aromatic carbocycles. The van der Waals surface area contributed by atoms with E-state index in [0.717, 1.165) is 25.3 Å². The van der Waals surface area contributed by atoms with Crippen LogP contribution < -0.4 is 9.47 Å². The number of aryl methyl sites for hydroxylation is 2. The number of halogens is 3. The normalized spacial score (nSPS) is 11.0. The summed E-state index contributed by atoms with van der Waals surface area (Å²) in [5.74, 6) is 0.545. The summed E-state index contributed by atoms with van der Waals surface area (Å²) in [6, 6.07) is 12.2. The van der Waals surface area contributed by atoms with Crippen molar-refractivity contribution in [3.05, 3.63) is 47.5 Å². The van der Waals surface area contributed by atoms with E-state index >= 15 is 0 Å². The van der Waals surface area contributed by atoms with E-state index < -0.39 is 12.1 Å². The zero-order chi connectivity index (χ0) is 19.2. The molecule has 0 fully saturated rings. The van der Waals surface area contributed by atoms with Crippen LogP contribution >= 0.6 is 0 Å². The highest BCUT2D eigenvalue weighted by molar-refractivity contribution is 5.73. The first-order valence-corrected chi connectivity index (χ1v) is 7.96. The minimum absolute atomic E-state index is 0.873. The van der Waals surface area contributed by atoms with E-state index in [0.29, 0.717) is 0 Å². The number of benzene rings is 2. The summed E-state index contributed by atoms with van der Waals surface area (Å²) in [5.41, 5.74) is 4.83. The highest BCUT2D eigenvalue weighted by Gasteiger charge is 2.31. The van der Waals surface area contributed by atoms with E-state index in [1.165, 1.54) is 22.3 Å². The second kappa shape index (κ2) is 8.79. The molecule has 0 aliphatic carbocycles. The Morgan fingerprint density at radius 1 is 0.760 bits per heavy atom. The van der Waals surface area contributed by atoms with Gasteiger partial charge in [0.25, 0.3) is 0 Å². The van der Waals surface area contributed by atoms with Gasteiger partial charge in [-0.1, -0.05) is 26.0 Å². The van der Waals surface area contributed by atoms with Gasteiger partial charge in [-0.3, -0.25) is 0 Å². The van der Waals surface area contributed by atoms with Crippen molar-refractivity contribution >= 4 is 0 Å². The Morgan fingerprint density at radius 2 is 1.08 bits per heavy atom. The summed E-state index contributed by atoms with van der Waals surface area (Å²) in [6.45, 7) is 6.46. The van der Waals surface area contributed by atoms with E-state index in [4.69, 9.17) is 9.47 Å². The van der Waals surface area contributed by atoms with Gasteiger partial charge < -0.3 is 9.47 Å². The Balaban J connectivity index is 0.000000381. The fourth-order valence-electron chi connectivity index (χ4n) is 2.04. The van der Waals surface area contributed by atoms with Crippen molar-refractivity contribution in [2.75, 3.05) is 14.2 Å². The lowest BCUT2D eigenvalue weighted by molar-refractivity contribution is -0.164. The lowest BCUT2D eigenvalue weighted by Crippen LogP contribution is -2.15. The van der Waals surface area contributed by atoms with Gasteiger partial charge in [-0.2, -0.15) is 13.2 Å². The van der Waals surface area contributed by atoms with Crippen molar-refractivity contribution in [2.24, 2.45) is 5.92 Å². The van der Waals surface area contributed by atoms with Crippen LogP contribution in [0.4, 0.5) is 13.2 Å². The third-order valence-electron chi connectivity index (χ3n) is 3.83. The van der Waals surface area contributed by atoms with Crippen LogP contribution in [0.15, 0.2) is 36.4 Å². The number of hydrogen-bond acceptors (Lipinski definition) is 2. The summed E-state index contributed by atoms with van der Waals surface area (Å²) in [6.07, 6.45) is -4.00. The highest BCUT2D eigenvalue weighted by atomic mass is 19.4. The molecule has 0 radical (unpaired) electrons. The molecule has 5 heteroatoms. The van der Waals surface area contributed by atoms with E-state index in [2.05, 4.69) is 38.1 Å². The van der Waals surface area contributed by atoms with Crippen LogP contribution in [0, 0.1) is 19.8 Å². The summed E-state index contributed by atoms with van der Waals surface area (Å²) in [5, 5.41) is 0. The first kappa shape index (κ1) is 20.9. The van der Waals surface area contributed by atoms with Crippen LogP contribution in [0.1, 0.15) is 25.0 Å². The van der Waals surface area contributed by atoms with Gasteiger partial charge >= 0.3 is 6.18 Å². The fourth-order valence-corrected chi connectivity index (χ4v) is 2.04. The van der Waals surface area contributed by atoms with E-state index in [1.807, 2.05) is 12.1 Å². The second-order valence-corrected chi connectivity index (χ2v) is 6.06. The van der Waals surface area contributed by atoms with E-state index in [9.17, 15) is 13.2 Å². The average Bonchev–Trinajstić information content (AvgIpc) is 2.56. The lowest BCUT2D eigenvalue weighted by atomic mass is 9.96. The first-order valence-electron chi connectivity index (χ1n) is 7.96. The molecule has 25 heavy (non-hydrogen) atoms. The van der Waals surface area contributed by atoms with Crippen LogP contribution in [0.2, 0.25) is 0 Å². The minimum Gasteiger partial charge on any atom is -0.497 e. The quantitative estimate of drug-likeness (QED) is 0.654. The van der Waals surface area contributed by atoms with Gasteiger partial charge in [0.1, 0.15) is 11.5 Å². The molecule has 0 bridgehead atoms. The molecule has 138 valence electrons. The van der Waals surface area contributed by atoms with Gasteiger partial charge in [0.15, 0.2) is 0 Å². The SMILES string of the molecule is CC(C)C(F)(F)F.COc1ccc(C)c(-c2cc(OC)ccc2C)c1. The Hall–Kier alpha value is -2.17. The predicted octanol–water partition coefficient (Wildman–Crippen LogP) is 6.19. The lowest BCUT2D eigenvalue weighted by Gasteiger charge is -2.12. The largest absolute Gasteiger partial charge is 0.497 e. The highest BCUT2D eigenvalue weighted by Crippen LogP contribution is 2.32. The summed E-state index contributed by atoms with van der Waals surface area (Å²) >= 11 is 0. The monoisotopic (exact) mass is 354 g/mol. The Morgan fingerprint density at radius 3 is 1.32 bits per heavy atom. The van der Waals surface area contributed by atoms with Gasteiger partial charge in [-0.15, -0.1) is 0 Å². The van der Waals surface area contributed by atoms with Crippen molar-refractivity contribution in [3.63, 3.8) is 0 Å². The zero-order valence-electron chi connectivity index (χ0n) is 15.5. The third-order valence-corrected chi connectivity index (χ3v) is 3.83. The number of rotatable bonds is 3. The van der Waals surface area contributed by atoms with Crippen molar-refractivity contribution in [3.8, 4) is 22.6 Å². The average molecular weight is 354 g/mol. The van der Waals surface area contributed by atoms with Crippen LogP contribution in [0.25, 0.3) is 11.1 Å². The summed E-state index contributed by atoms with van der Waals surface area (Å²) in [7, 11) is 3.37. The molecule has 0 unspecified atom stereocenters. The van der Waals surface area contributed by atoms with Crippen LogP contribution in [-0.4, -0.2) is 20.4 Å². The predicted molar refractivity (Wildman–Crippen MR) is 95.3 cm³/mol. The van der Waals surface area contributed by atoms with Gasteiger partial charge in [0.05, 0.1) is 14.2 Å². The first-order chi connectivity index (χ1) is 11.6. The number of methoxy groups -OCH3 is 2. The summed E-state index contributed by atoms with van der Waals surface area (Å²) < 4.78 is 44.1. The Labute approximate surface area is 147 Å². The maximum absolute atomic E-state index is 11.2. The molecule has 0 saturated carbocycles. The smallest absolute Gasteiger partial charge is 0.391 e. The Bertz CT molecular complexity index is 640. The summed E-state index contributed by atoms with van der Waals surface area (Å²) in [4.78, 5) is 0. The molecule has 2 nitrogen and oxygen atoms in total. The van der Waals surface area contributed by atoms with E-state index in [-0.39, 0.29) is 0 Å². The number of hydrogen-bond donors (Lipinski definition) is 0. The molecule has 0 heterocycles. The molecular weight excluding hydrogens is 329 g/mol. The van der Waals surface area contributed by atoms with E-state index in [1.54, 1.807) is 14.2 Å². The molecule has 0 aromatic heterocycles. The maximum atomic E-state index is 11.2. The number of ether oxygens (including phenoxy) is 2. The van der Waals surface area contributed by atoms with Crippen LogP contribution in [-0.2, 0) is 0 Å². The van der Waals surface area contributed by atoms with Crippen molar-refractivity contribution in [1.82, 2.24) is 0 Å². The van der Waals surface area contributed by atoms with Gasteiger partial charge in [0.2, 0.25) is 0 Å². The topological polar surface area (TPSA) is 18.5 Å². The van der Waals surface area contributed by atoms with Crippen LogP contribution in [0.5, 0.6) is 11.5 Å². The Kier molecular flexibility index (Phi) is 7.34.